The molecular weight excluding hydrogens is 510 g/mol. The standard InChI is InChI=1S/C32H46NO2.BrH/c1-4-6-8-10-12-16-22-33(3,23-17-13-11-9-7-5-2)25-26-20-21-29-30(24-26)32(35)28-19-15-14-18-27(28)31(29)34;/h14-15,18-21,24H,4-13,16-17,22-23,25H2,1-3H3;1H/q+1;/p-1. The van der Waals surface area contributed by atoms with Gasteiger partial charge < -0.3 is 21.5 Å². The van der Waals surface area contributed by atoms with Crippen molar-refractivity contribution in [3.8, 4) is 0 Å². The fraction of sp³-hybridized carbons (Fsp3) is 0.562. The van der Waals surface area contributed by atoms with Crippen LogP contribution >= 0.6 is 0 Å². The molecule has 3 rings (SSSR count). The van der Waals surface area contributed by atoms with Crippen LogP contribution < -0.4 is 17.0 Å². The Kier molecular flexibility index (Phi) is 13.1. The third-order valence-electron chi connectivity index (χ3n) is 7.66. The molecule has 0 aromatic heterocycles. The molecule has 0 spiro atoms. The van der Waals surface area contributed by atoms with E-state index in [0.717, 1.165) is 11.0 Å². The fourth-order valence-electron chi connectivity index (χ4n) is 5.50. The largest absolute Gasteiger partial charge is 1.00 e. The molecule has 3 nitrogen and oxygen atoms in total. The lowest BCUT2D eigenvalue weighted by atomic mass is 9.83. The van der Waals surface area contributed by atoms with Crippen LogP contribution in [0.15, 0.2) is 42.5 Å². The Morgan fingerprint density at radius 3 is 1.56 bits per heavy atom. The summed E-state index contributed by atoms with van der Waals surface area (Å²) in [4.78, 5) is 26.2. The number of ketones is 2. The van der Waals surface area contributed by atoms with Crippen LogP contribution in [-0.2, 0) is 6.54 Å². The highest BCUT2D eigenvalue weighted by Gasteiger charge is 2.30. The van der Waals surface area contributed by atoms with Crippen molar-refractivity contribution in [3.05, 3.63) is 70.3 Å². The zero-order valence-electron chi connectivity index (χ0n) is 22.8. The molecule has 0 atom stereocenters. The molecule has 0 saturated heterocycles. The summed E-state index contributed by atoms with van der Waals surface area (Å²) in [5.41, 5.74) is 3.38. The summed E-state index contributed by atoms with van der Waals surface area (Å²) >= 11 is 0. The Morgan fingerprint density at radius 1 is 0.583 bits per heavy atom. The van der Waals surface area contributed by atoms with Crippen molar-refractivity contribution in [2.24, 2.45) is 0 Å². The molecule has 2 aromatic rings. The van der Waals surface area contributed by atoms with Crippen molar-refractivity contribution >= 4 is 11.6 Å². The lowest BCUT2D eigenvalue weighted by Crippen LogP contribution is -3.00. The van der Waals surface area contributed by atoms with Gasteiger partial charge in [-0.15, -0.1) is 0 Å². The molecule has 1 aliphatic carbocycles. The van der Waals surface area contributed by atoms with E-state index in [-0.39, 0.29) is 28.5 Å². The number of nitrogens with zero attached hydrogens (tertiary/aromatic N) is 1. The molecule has 198 valence electrons. The van der Waals surface area contributed by atoms with E-state index in [1.165, 1.54) is 95.7 Å². The smallest absolute Gasteiger partial charge is 0.194 e. The van der Waals surface area contributed by atoms with E-state index in [1.807, 2.05) is 24.3 Å². The summed E-state index contributed by atoms with van der Waals surface area (Å²) in [6, 6.07) is 13.2. The highest BCUT2D eigenvalue weighted by molar-refractivity contribution is 6.28. The molecule has 1 aliphatic rings. The van der Waals surface area contributed by atoms with Crippen LogP contribution in [0.5, 0.6) is 0 Å². The third kappa shape index (κ3) is 8.38. The van der Waals surface area contributed by atoms with Crippen molar-refractivity contribution < 1.29 is 31.1 Å². The first kappa shape index (κ1) is 30.4. The van der Waals surface area contributed by atoms with Gasteiger partial charge in [-0.25, -0.2) is 0 Å². The van der Waals surface area contributed by atoms with E-state index in [0.29, 0.717) is 22.3 Å². The molecule has 0 fully saturated rings. The molecule has 36 heavy (non-hydrogen) atoms. The molecule has 0 amide bonds. The van der Waals surface area contributed by atoms with Gasteiger partial charge in [0.15, 0.2) is 11.6 Å². The van der Waals surface area contributed by atoms with Gasteiger partial charge in [-0.05, 0) is 37.8 Å². The summed E-state index contributed by atoms with van der Waals surface area (Å²) in [5.74, 6) is -0.0451. The molecule has 0 bridgehead atoms. The van der Waals surface area contributed by atoms with E-state index < -0.39 is 0 Å². The first-order valence-electron chi connectivity index (χ1n) is 14.1. The minimum Gasteiger partial charge on any atom is -1.00 e. The van der Waals surface area contributed by atoms with Gasteiger partial charge in [-0.3, -0.25) is 9.59 Å². The normalized spacial score (nSPS) is 12.8. The zero-order chi connectivity index (χ0) is 25.1. The number of quaternary nitrogens is 1. The van der Waals surface area contributed by atoms with E-state index in [9.17, 15) is 9.59 Å². The Balaban J connectivity index is 0.00000456. The average molecular weight is 557 g/mol. The minimum absolute atomic E-state index is 0. The molecule has 0 heterocycles. The minimum atomic E-state index is -0.0295. The second-order valence-corrected chi connectivity index (χ2v) is 10.8. The molecule has 0 aliphatic heterocycles. The number of hydrogen-bond donors (Lipinski definition) is 0. The number of fused-ring (bicyclic) bond motifs is 2. The summed E-state index contributed by atoms with van der Waals surface area (Å²) < 4.78 is 1.01. The molecule has 2 aromatic carbocycles. The van der Waals surface area contributed by atoms with Crippen molar-refractivity contribution in [2.75, 3.05) is 20.1 Å². The number of halogens is 1. The Bertz CT molecular complexity index is 968. The van der Waals surface area contributed by atoms with Crippen LogP contribution in [0.25, 0.3) is 0 Å². The van der Waals surface area contributed by atoms with E-state index in [4.69, 9.17) is 0 Å². The van der Waals surface area contributed by atoms with Crippen molar-refractivity contribution in [2.45, 2.75) is 97.4 Å². The van der Waals surface area contributed by atoms with E-state index in [2.05, 4.69) is 27.0 Å². The number of carbonyl (C=O) groups is 2. The van der Waals surface area contributed by atoms with Crippen molar-refractivity contribution in [1.82, 2.24) is 0 Å². The van der Waals surface area contributed by atoms with Crippen LogP contribution in [0.4, 0.5) is 0 Å². The predicted molar refractivity (Wildman–Crippen MR) is 146 cm³/mol. The molecular formula is C32H46BrNO2. The van der Waals surface area contributed by atoms with Gasteiger partial charge in [0.1, 0.15) is 6.54 Å². The number of carbonyl (C=O) groups excluding carboxylic acids is 2. The van der Waals surface area contributed by atoms with Gasteiger partial charge in [-0.2, -0.15) is 0 Å². The van der Waals surface area contributed by atoms with Gasteiger partial charge in [0, 0.05) is 27.8 Å². The summed E-state index contributed by atoms with van der Waals surface area (Å²) in [6.45, 7) is 7.80. The molecule has 0 saturated carbocycles. The van der Waals surface area contributed by atoms with Crippen molar-refractivity contribution in [3.63, 3.8) is 0 Å². The maximum Gasteiger partial charge on any atom is 0.194 e. The van der Waals surface area contributed by atoms with Gasteiger partial charge in [0.2, 0.25) is 0 Å². The molecule has 4 heteroatoms. The molecule has 0 unspecified atom stereocenters. The average Bonchev–Trinajstić information content (AvgIpc) is 2.87. The summed E-state index contributed by atoms with van der Waals surface area (Å²) in [7, 11) is 2.39. The fourth-order valence-corrected chi connectivity index (χ4v) is 5.50. The second kappa shape index (κ2) is 15.5. The van der Waals surface area contributed by atoms with Gasteiger partial charge in [0.25, 0.3) is 0 Å². The van der Waals surface area contributed by atoms with Crippen molar-refractivity contribution in [1.29, 1.82) is 0 Å². The van der Waals surface area contributed by atoms with Crippen LogP contribution in [-0.4, -0.2) is 36.2 Å². The topological polar surface area (TPSA) is 34.1 Å². The third-order valence-corrected chi connectivity index (χ3v) is 7.66. The Morgan fingerprint density at radius 2 is 1.03 bits per heavy atom. The lowest BCUT2D eigenvalue weighted by Gasteiger charge is -2.35. The number of unbranched alkanes of at least 4 members (excludes halogenated alkanes) is 10. The SMILES string of the molecule is CCCCCCCC[N+](C)(CCCCCCCC)Cc1ccc2c(c1)C(=O)c1ccccc1C2=O.[Br-]. The first-order chi connectivity index (χ1) is 17.0. The number of rotatable bonds is 16. The summed E-state index contributed by atoms with van der Waals surface area (Å²) in [6.07, 6.45) is 15.7. The van der Waals surface area contributed by atoms with Gasteiger partial charge >= 0.3 is 0 Å². The monoisotopic (exact) mass is 555 g/mol. The highest BCUT2D eigenvalue weighted by Crippen LogP contribution is 2.29. The van der Waals surface area contributed by atoms with Crippen LogP contribution in [0, 0.1) is 0 Å². The number of benzene rings is 2. The maximum atomic E-state index is 13.2. The molecule has 0 radical (unpaired) electrons. The van der Waals surface area contributed by atoms with Crippen LogP contribution in [0.2, 0.25) is 0 Å². The van der Waals surface area contributed by atoms with Gasteiger partial charge in [0.05, 0.1) is 20.1 Å². The number of hydrogen-bond acceptors (Lipinski definition) is 2. The highest BCUT2D eigenvalue weighted by atomic mass is 79.9. The quantitative estimate of drug-likeness (QED) is 0.181. The van der Waals surface area contributed by atoms with Crippen LogP contribution in [0.1, 0.15) is 128 Å². The van der Waals surface area contributed by atoms with Gasteiger partial charge in [-0.1, -0.05) is 95.5 Å². The maximum absolute atomic E-state index is 13.2. The molecule has 0 N–H and O–H groups in total. The lowest BCUT2D eigenvalue weighted by molar-refractivity contribution is -0.923. The Labute approximate surface area is 230 Å². The zero-order valence-corrected chi connectivity index (χ0v) is 24.4. The predicted octanol–water partition coefficient (Wildman–Crippen LogP) is 5.13. The summed E-state index contributed by atoms with van der Waals surface area (Å²) in [5, 5.41) is 0. The van der Waals surface area contributed by atoms with E-state index >= 15 is 0 Å². The first-order valence-corrected chi connectivity index (χ1v) is 14.1. The Hall–Kier alpha value is -1.78. The second-order valence-electron chi connectivity index (χ2n) is 10.8. The van der Waals surface area contributed by atoms with E-state index in [1.54, 1.807) is 12.1 Å². The van der Waals surface area contributed by atoms with Crippen LogP contribution in [0.3, 0.4) is 0 Å².